The van der Waals surface area contributed by atoms with Crippen molar-refractivity contribution in [3.05, 3.63) is 24.0 Å². The van der Waals surface area contributed by atoms with E-state index in [1.807, 2.05) is 4.90 Å². The highest BCUT2D eigenvalue weighted by Gasteiger charge is 2.25. The number of hydrogen-bond donors (Lipinski definition) is 1. The van der Waals surface area contributed by atoms with Crippen LogP contribution in [0.15, 0.2) is 18.5 Å². The van der Waals surface area contributed by atoms with Crippen LogP contribution in [0.5, 0.6) is 5.75 Å². The number of piperidine rings is 1. The van der Waals surface area contributed by atoms with Gasteiger partial charge in [-0.3, -0.25) is 9.78 Å². The first kappa shape index (κ1) is 14.8. The molecule has 5 nitrogen and oxygen atoms in total. The lowest BCUT2D eigenvalue weighted by molar-refractivity contribution is 0.0687. The zero-order valence-electron chi connectivity index (χ0n) is 12.3. The molecule has 0 unspecified atom stereocenters. The Morgan fingerprint density at radius 3 is 2.90 bits per heavy atom. The average molecular weight is 277 g/mol. The number of likely N-dealkylation sites (tertiary alicyclic amines) is 1. The molecule has 0 atom stereocenters. The Kier molecular flexibility index (Phi) is 5.35. The third-order valence-electron chi connectivity index (χ3n) is 3.82. The molecule has 0 aromatic carbocycles. The van der Waals surface area contributed by atoms with Crippen molar-refractivity contribution >= 4 is 5.91 Å². The molecule has 110 valence electrons. The molecule has 1 saturated heterocycles. The molecule has 1 amide bonds. The van der Waals surface area contributed by atoms with E-state index in [-0.39, 0.29) is 5.91 Å². The molecular weight excluding hydrogens is 254 g/mol. The molecule has 1 aliphatic heterocycles. The van der Waals surface area contributed by atoms with E-state index in [0.29, 0.717) is 17.2 Å². The van der Waals surface area contributed by atoms with Crippen molar-refractivity contribution in [2.45, 2.75) is 19.8 Å². The Morgan fingerprint density at radius 2 is 2.25 bits per heavy atom. The second-order valence-corrected chi connectivity index (χ2v) is 5.12. The molecule has 2 rings (SSSR count). The van der Waals surface area contributed by atoms with Gasteiger partial charge in [-0.1, -0.05) is 6.92 Å². The highest BCUT2D eigenvalue weighted by molar-refractivity contribution is 5.96. The summed E-state index contributed by atoms with van der Waals surface area (Å²) in [5, 5.41) is 3.38. The zero-order valence-corrected chi connectivity index (χ0v) is 12.3. The topological polar surface area (TPSA) is 54.5 Å². The Bertz CT molecular complexity index is 442. The quantitative estimate of drug-likeness (QED) is 0.887. The lowest BCUT2D eigenvalue weighted by Gasteiger charge is -2.32. The number of pyridine rings is 1. The largest absolute Gasteiger partial charge is 0.494 e. The molecular formula is C15H23N3O2. The smallest absolute Gasteiger partial charge is 0.257 e. The maximum atomic E-state index is 12.5. The van der Waals surface area contributed by atoms with Gasteiger partial charge in [-0.15, -0.1) is 0 Å². The fraction of sp³-hybridized carbons (Fsp3) is 0.600. The summed E-state index contributed by atoms with van der Waals surface area (Å²) < 4.78 is 5.21. The number of rotatable bonds is 5. The van der Waals surface area contributed by atoms with Crippen LogP contribution in [-0.2, 0) is 0 Å². The van der Waals surface area contributed by atoms with E-state index in [1.54, 1.807) is 25.6 Å². The van der Waals surface area contributed by atoms with Gasteiger partial charge < -0.3 is 15.0 Å². The van der Waals surface area contributed by atoms with Gasteiger partial charge in [0, 0.05) is 19.3 Å². The molecule has 2 heterocycles. The molecule has 20 heavy (non-hydrogen) atoms. The number of amides is 1. The molecule has 1 fully saturated rings. The molecule has 5 heteroatoms. The SMILES string of the molecule is CCNCC1CCN(C(=O)c2ccncc2OC)CC1. The van der Waals surface area contributed by atoms with Gasteiger partial charge in [-0.2, -0.15) is 0 Å². The van der Waals surface area contributed by atoms with E-state index in [2.05, 4.69) is 17.2 Å². The number of nitrogens with zero attached hydrogens (tertiary/aromatic N) is 2. The van der Waals surface area contributed by atoms with Gasteiger partial charge in [0.15, 0.2) is 0 Å². The van der Waals surface area contributed by atoms with Crippen molar-refractivity contribution in [3.63, 3.8) is 0 Å². The Balaban J connectivity index is 1.94. The number of nitrogens with one attached hydrogen (secondary N) is 1. The second-order valence-electron chi connectivity index (χ2n) is 5.12. The summed E-state index contributed by atoms with van der Waals surface area (Å²) >= 11 is 0. The lowest BCUT2D eigenvalue weighted by Crippen LogP contribution is -2.40. The van der Waals surface area contributed by atoms with Crippen LogP contribution in [-0.4, -0.2) is 49.1 Å². The summed E-state index contributed by atoms with van der Waals surface area (Å²) in [5.41, 5.74) is 0.604. The second kappa shape index (κ2) is 7.24. The molecule has 1 aliphatic rings. The maximum Gasteiger partial charge on any atom is 0.257 e. The first-order valence-corrected chi connectivity index (χ1v) is 7.24. The van der Waals surface area contributed by atoms with Crippen LogP contribution in [0.3, 0.4) is 0 Å². The fourth-order valence-electron chi connectivity index (χ4n) is 2.58. The Labute approximate surface area is 120 Å². The first-order chi connectivity index (χ1) is 9.76. The van der Waals surface area contributed by atoms with Crippen molar-refractivity contribution in [3.8, 4) is 5.75 Å². The number of aromatic nitrogens is 1. The molecule has 0 saturated carbocycles. The summed E-state index contributed by atoms with van der Waals surface area (Å²) in [7, 11) is 1.57. The van der Waals surface area contributed by atoms with Crippen molar-refractivity contribution < 1.29 is 9.53 Å². The molecule has 0 aliphatic carbocycles. The van der Waals surface area contributed by atoms with Gasteiger partial charge in [-0.25, -0.2) is 0 Å². The predicted molar refractivity (Wildman–Crippen MR) is 78.0 cm³/mol. The van der Waals surface area contributed by atoms with Crippen LogP contribution in [0.4, 0.5) is 0 Å². The summed E-state index contributed by atoms with van der Waals surface area (Å²) in [6.45, 7) is 5.82. The van der Waals surface area contributed by atoms with Gasteiger partial charge in [0.1, 0.15) is 5.75 Å². The number of carbonyl (C=O) groups is 1. The number of methoxy groups -OCH3 is 1. The van der Waals surface area contributed by atoms with E-state index in [1.165, 1.54) is 0 Å². The molecule has 1 N–H and O–H groups in total. The van der Waals surface area contributed by atoms with Crippen LogP contribution in [0, 0.1) is 5.92 Å². The van der Waals surface area contributed by atoms with Crippen molar-refractivity contribution in [1.29, 1.82) is 0 Å². The lowest BCUT2D eigenvalue weighted by atomic mass is 9.96. The number of hydrogen-bond acceptors (Lipinski definition) is 4. The van der Waals surface area contributed by atoms with Gasteiger partial charge in [-0.05, 0) is 37.9 Å². The highest BCUT2D eigenvalue weighted by Crippen LogP contribution is 2.22. The maximum absolute atomic E-state index is 12.5. The minimum atomic E-state index is 0.0474. The van der Waals surface area contributed by atoms with Gasteiger partial charge >= 0.3 is 0 Å². The van der Waals surface area contributed by atoms with E-state index < -0.39 is 0 Å². The monoisotopic (exact) mass is 277 g/mol. The molecule has 1 aromatic rings. The van der Waals surface area contributed by atoms with Gasteiger partial charge in [0.25, 0.3) is 5.91 Å². The highest BCUT2D eigenvalue weighted by atomic mass is 16.5. The van der Waals surface area contributed by atoms with E-state index in [9.17, 15) is 4.79 Å². The molecule has 0 spiro atoms. The van der Waals surface area contributed by atoms with Crippen LogP contribution in [0.25, 0.3) is 0 Å². The van der Waals surface area contributed by atoms with E-state index in [0.717, 1.165) is 39.0 Å². The fourth-order valence-corrected chi connectivity index (χ4v) is 2.58. The van der Waals surface area contributed by atoms with Gasteiger partial charge in [0.05, 0.1) is 18.9 Å². The predicted octanol–water partition coefficient (Wildman–Crippen LogP) is 1.55. The summed E-state index contributed by atoms with van der Waals surface area (Å²) in [5.74, 6) is 1.27. The third-order valence-corrected chi connectivity index (χ3v) is 3.82. The standard InChI is InChI=1S/C15H23N3O2/c1-3-16-10-12-5-8-18(9-6-12)15(19)13-4-7-17-11-14(13)20-2/h4,7,11-12,16H,3,5-6,8-10H2,1-2H3. The number of ether oxygens (including phenoxy) is 1. The minimum Gasteiger partial charge on any atom is -0.494 e. The average Bonchev–Trinajstić information content (AvgIpc) is 2.52. The van der Waals surface area contributed by atoms with E-state index >= 15 is 0 Å². The Hall–Kier alpha value is -1.62. The minimum absolute atomic E-state index is 0.0474. The van der Waals surface area contributed by atoms with E-state index in [4.69, 9.17) is 4.74 Å². The van der Waals surface area contributed by atoms with Crippen LogP contribution in [0.2, 0.25) is 0 Å². The zero-order chi connectivity index (χ0) is 14.4. The van der Waals surface area contributed by atoms with Gasteiger partial charge in [0.2, 0.25) is 0 Å². The van der Waals surface area contributed by atoms with Crippen LogP contribution in [0.1, 0.15) is 30.1 Å². The third kappa shape index (κ3) is 3.48. The number of carbonyl (C=O) groups excluding carboxylic acids is 1. The molecule has 0 radical (unpaired) electrons. The summed E-state index contributed by atoms with van der Waals surface area (Å²) in [4.78, 5) is 18.4. The van der Waals surface area contributed by atoms with Crippen molar-refractivity contribution in [1.82, 2.24) is 15.2 Å². The van der Waals surface area contributed by atoms with Crippen molar-refractivity contribution in [2.75, 3.05) is 33.3 Å². The summed E-state index contributed by atoms with van der Waals surface area (Å²) in [6.07, 6.45) is 5.34. The molecule has 1 aromatic heterocycles. The normalized spacial score (nSPS) is 16.2. The Morgan fingerprint density at radius 1 is 1.50 bits per heavy atom. The van der Waals surface area contributed by atoms with Crippen molar-refractivity contribution in [2.24, 2.45) is 5.92 Å². The first-order valence-electron chi connectivity index (χ1n) is 7.24. The van der Waals surface area contributed by atoms with Crippen LogP contribution >= 0.6 is 0 Å². The molecule has 0 bridgehead atoms. The summed E-state index contributed by atoms with van der Waals surface area (Å²) in [6, 6.07) is 1.73. The van der Waals surface area contributed by atoms with Crippen LogP contribution < -0.4 is 10.1 Å².